The van der Waals surface area contributed by atoms with Crippen LogP contribution in [0.1, 0.15) is 40.2 Å². The first-order chi connectivity index (χ1) is 14.2. The summed E-state index contributed by atoms with van der Waals surface area (Å²) in [6, 6.07) is 8.83. The fraction of sp³-hybridized carbons (Fsp3) is 0.478. The van der Waals surface area contributed by atoms with Crippen molar-refractivity contribution >= 4 is 27.4 Å². The Bertz CT molecular complexity index is 1020. The van der Waals surface area contributed by atoms with Crippen LogP contribution in [0.4, 0.5) is 5.82 Å². The predicted octanol–water partition coefficient (Wildman–Crippen LogP) is 3.78. The van der Waals surface area contributed by atoms with Gasteiger partial charge in [-0.3, -0.25) is 9.80 Å². The van der Waals surface area contributed by atoms with Crippen LogP contribution in [0.5, 0.6) is 0 Å². The Kier molecular flexibility index (Phi) is 5.24. The minimum Gasteiger partial charge on any atom is -0.383 e. The molecule has 6 heteroatoms. The Morgan fingerprint density at radius 1 is 1.00 bits per heavy atom. The van der Waals surface area contributed by atoms with E-state index in [1.807, 2.05) is 11.3 Å². The number of thiophene rings is 1. The molecule has 152 valence electrons. The Balaban J connectivity index is 1.24. The topological polar surface area (TPSA) is 58.3 Å². The fourth-order valence-corrected chi connectivity index (χ4v) is 5.96. The van der Waals surface area contributed by atoms with E-state index in [4.69, 9.17) is 15.7 Å². The average molecular weight is 408 g/mol. The lowest BCUT2D eigenvalue weighted by atomic mass is 9.97. The number of nitrogen functional groups attached to an aromatic ring is 1. The molecule has 1 saturated heterocycles. The van der Waals surface area contributed by atoms with Crippen molar-refractivity contribution in [3.8, 4) is 0 Å². The van der Waals surface area contributed by atoms with Gasteiger partial charge < -0.3 is 5.73 Å². The van der Waals surface area contributed by atoms with Crippen LogP contribution in [0, 0.1) is 6.92 Å². The van der Waals surface area contributed by atoms with Gasteiger partial charge in [0.05, 0.1) is 11.9 Å². The van der Waals surface area contributed by atoms with Crippen LogP contribution in [-0.4, -0.2) is 45.9 Å². The molecule has 3 aromatic rings. The number of aryl methyl sites for hydroxylation is 3. The van der Waals surface area contributed by atoms with E-state index in [1.165, 1.54) is 40.8 Å². The maximum atomic E-state index is 6.38. The SMILES string of the molecule is Cc1cccc(CN2CCN(Cc3nc(N)c4c5c(sc4n3)CCCC5)CC2)c1. The molecule has 2 aromatic heterocycles. The lowest BCUT2D eigenvalue weighted by Crippen LogP contribution is -2.45. The van der Waals surface area contributed by atoms with Crippen molar-refractivity contribution in [3.05, 3.63) is 51.7 Å². The predicted molar refractivity (Wildman–Crippen MR) is 120 cm³/mol. The van der Waals surface area contributed by atoms with E-state index in [2.05, 4.69) is 41.0 Å². The van der Waals surface area contributed by atoms with Crippen LogP contribution >= 0.6 is 11.3 Å². The molecule has 1 fully saturated rings. The number of nitrogens with two attached hydrogens (primary N) is 1. The number of fused-ring (bicyclic) bond motifs is 3. The highest BCUT2D eigenvalue weighted by molar-refractivity contribution is 7.19. The van der Waals surface area contributed by atoms with Gasteiger partial charge >= 0.3 is 0 Å². The quantitative estimate of drug-likeness (QED) is 0.713. The van der Waals surface area contributed by atoms with Gasteiger partial charge in [-0.1, -0.05) is 29.8 Å². The van der Waals surface area contributed by atoms with E-state index >= 15 is 0 Å². The molecule has 5 nitrogen and oxygen atoms in total. The monoisotopic (exact) mass is 407 g/mol. The van der Waals surface area contributed by atoms with Crippen LogP contribution in [0.25, 0.3) is 10.2 Å². The van der Waals surface area contributed by atoms with E-state index in [0.29, 0.717) is 5.82 Å². The van der Waals surface area contributed by atoms with Crippen LogP contribution < -0.4 is 5.73 Å². The van der Waals surface area contributed by atoms with Crippen molar-refractivity contribution in [1.82, 2.24) is 19.8 Å². The minimum atomic E-state index is 0.683. The number of piperazine rings is 1. The van der Waals surface area contributed by atoms with Gasteiger partial charge in [0.2, 0.25) is 0 Å². The highest BCUT2D eigenvalue weighted by atomic mass is 32.1. The lowest BCUT2D eigenvalue weighted by molar-refractivity contribution is 0.120. The average Bonchev–Trinajstić information content (AvgIpc) is 3.08. The first-order valence-electron chi connectivity index (χ1n) is 10.7. The summed E-state index contributed by atoms with van der Waals surface area (Å²) in [5, 5.41) is 1.14. The highest BCUT2D eigenvalue weighted by Gasteiger charge is 2.22. The molecule has 5 rings (SSSR count). The summed E-state index contributed by atoms with van der Waals surface area (Å²) in [5.41, 5.74) is 10.5. The van der Waals surface area contributed by atoms with Crippen molar-refractivity contribution in [2.24, 2.45) is 0 Å². The van der Waals surface area contributed by atoms with E-state index < -0.39 is 0 Å². The second-order valence-corrected chi connectivity index (χ2v) is 9.54. The molecule has 3 heterocycles. The number of nitrogens with zero attached hydrogens (tertiary/aromatic N) is 4. The van der Waals surface area contributed by atoms with Gasteiger partial charge in [0.1, 0.15) is 16.5 Å². The van der Waals surface area contributed by atoms with Gasteiger partial charge in [-0.25, -0.2) is 9.97 Å². The van der Waals surface area contributed by atoms with Gasteiger partial charge in [0.15, 0.2) is 0 Å². The van der Waals surface area contributed by atoms with E-state index in [0.717, 1.165) is 61.7 Å². The maximum Gasteiger partial charge on any atom is 0.146 e. The Hall–Kier alpha value is -2.02. The van der Waals surface area contributed by atoms with Gasteiger partial charge in [0, 0.05) is 37.6 Å². The Morgan fingerprint density at radius 3 is 2.55 bits per heavy atom. The maximum absolute atomic E-state index is 6.38. The third-order valence-corrected chi connectivity index (χ3v) is 7.39. The molecule has 29 heavy (non-hydrogen) atoms. The van der Waals surface area contributed by atoms with Crippen molar-refractivity contribution in [1.29, 1.82) is 0 Å². The highest BCUT2D eigenvalue weighted by Crippen LogP contribution is 2.37. The number of anilines is 1. The van der Waals surface area contributed by atoms with Crippen molar-refractivity contribution in [2.45, 2.75) is 45.7 Å². The van der Waals surface area contributed by atoms with Gasteiger partial charge in [-0.15, -0.1) is 11.3 Å². The molecule has 1 aliphatic heterocycles. The van der Waals surface area contributed by atoms with Crippen LogP contribution in [0.3, 0.4) is 0 Å². The van der Waals surface area contributed by atoms with Crippen LogP contribution in [0.15, 0.2) is 24.3 Å². The number of rotatable bonds is 4. The zero-order chi connectivity index (χ0) is 19.8. The molecule has 0 unspecified atom stereocenters. The summed E-state index contributed by atoms with van der Waals surface area (Å²) in [4.78, 5) is 17.2. The van der Waals surface area contributed by atoms with Crippen LogP contribution in [-0.2, 0) is 25.9 Å². The molecular weight excluding hydrogens is 378 g/mol. The molecule has 2 aliphatic rings. The number of benzene rings is 1. The molecule has 1 aromatic carbocycles. The summed E-state index contributed by atoms with van der Waals surface area (Å²) >= 11 is 1.83. The van der Waals surface area contributed by atoms with Crippen molar-refractivity contribution in [2.75, 3.05) is 31.9 Å². The molecule has 0 saturated carbocycles. The zero-order valence-corrected chi connectivity index (χ0v) is 18.0. The first kappa shape index (κ1) is 19.0. The van der Waals surface area contributed by atoms with Crippen molar-refractivity contribution in [3.63, 3.8) is 0 Å². The number of hydrogen-bond acceptors (Lipinski definition) is 6. The smallest absolute Gasteiger partial charge is 0.146 e. The zero-order valence-electron chi connectivity index (χ0n) is 17.2. The fourth-order valence-electron chi connectivity index (χ4n) is 4.68. The normalized spacial score (nSPS) is 18.2. The summed E-state index contributed by atoms with van der Waals surface area (Å²) in [6.45, 7) is 8.25. The number of hydrogen-bond donors (Lipinski definition) is 1. The summed E-state index contributed by atoms with van der Waals surface area (Å²) in [5.74, 6) is 1.56. The lowest BCUT2D eigenvalue weighted by Gasteiger charge is -2.34. The van der Waals surface area contributed by atoms with E-state index in [1.54, 1.807) is 0 Å². The van der Waals surface area contributed by atoms with E-state index in [9.17, 15) is 0 Å². The molecule has 0 spiro atoms. The van der Waals surface area contributed by atoms with Crippen molar-refractivity contribution < 1.29 is 0 Å². The standard InChI is InChI=1S/C23H29N5S/c1-16-5-4-6-17(13-16)14-27-9-11-28(12-10-27)15-20-25-22(24)21-18-7-2-3-8-19(18)29-23(21)26-20/h4-6,13H,2-3,7-12,14-15H2,1H3,(H2,24,25,26). The second-order valence-electron chi connectivity index (χ2n) is 8.46. The van der Waals surface area contributed by atoms with Gasteiger partial charge in [-0.05, 0) is 43.7 Å². The molecule has 0 bridgehead atoms. The largest absolute Gasteiger partial charge is 0.383 e. The Morgan fingerprint density at radius 2 is 1.76 bits per heavy atom. The number of aromatic nitrogens is 2. The molecule has 0 radical (unpaired) electrons. The molecular formula is C23H29N5S. The summed E-state index contributed by atoms with van der Waals surface area (Å²) in [6.07, 6.45) is 4.85. The van der Waals surface area contributed by atoms with Crippen LogP contribution in [0.2, 0.25) is 0 Å². The third kappa shape index (κ3) is 4.02. The molecule has 2 N–H and O–H groups in total. The minimum absolute atomic E-state index is 0.683. The summed E-state index contributed by atoms with van der Waals surface area (Å²) in [7, 11) is 0. The van der Waals surface area contributed by atoms with E-state index in [-0.39, 0.29) is 0 Å². The summed E-state index contributed by atoms with van der Waals surface area (Å²) < 4.78 is 0. The second kappa shape index (κ2) is 8.01. The molecule has 1 aliphatic carbocycles. The van der Waals surface area contributed by atoms with Gasteiger partial charge in [0.25, 0.3) is 0 Å². The molecule has 0 atom stereocenters. The first-order valence-corrected chi connectivity index (χ1v) is 11.5. The third-order valence-electron chi connectivity index (χ3n) is 6.21. The Labute approximate surface area is 176 Å². The van der Waals surface area contributed by atoms with Gasteiger partial charge in [-0.2, -0.15) is 0 Å². The molecule has 0 amide bonds.